The minimum Gasteiger partial charge on any atom is -0.330 e. The molecule has 2 N–H and O–H groups in total. The van der Waals surface area contributed by atoms with Gasteiger partial charge in [0.1, 0.15) is 0 Å². The molecule has 54 valence electrons. The zero-order valence-electron chi connectivity index (χ0n) is 6.65. The molecule has 0 spiro atoms. The molecule has 0 aromatic heterocycles. The average Bonchev–Trinajstić information content (AvgIpc) is 2.32. The van der Waals surface area contributed by atoms with Gasteiger partial charge < -0.3 is 5.73 Å². The number of nitrogens with two attached hydrogens (primary N) is 1. The summed E-state index contributed by atoms with van der Waals surface area (Å²) in [5.74, 6) is 1.71. The molecule has 0 saturated heterocycles. The summed E-state index contributed by atoms with van der Waals surface area (Å²) in [6.45, 7) is 7.77. The fourth-order valence-corrected chi connectivity index (χ4v) is 2.14. The van der Waals surface area contributed by atoms with Gasteiger partial charge in [0.05, 0.1) is 0 Å². The van der Waals surface area contributed by atoms with Crippen molar-refractivity contribution in [3.05, 3.63) is 0 Å². The van der Waals surface area contributed by atoms with Gasteiger partial charge in [0.25, 0.3) is 0 Å². The molecule has 2 atom stereocenters. The van der Waals surface area contributed by atoms with Gasteiger partial charge in [-0.25, -0.2) is 0 Å². The monoisotopic (exact) mass is 127 g/mol. The third-order valence-electron chi connectivity index (χ3n) is 2.98. The van der Waals surface area contributed by atoms with E-state index in [0.717, 1.165) is 18.4 Å². The van der Waals surface area contributed by atoms with E-state index in [-0.39, 0.29) is 0 Å². The lowest BCUT2D eigenvalue weighted by atomic mass is 10.1. The molecule has 1 aliphatic carbocycles. The minimum absolute atomic E-state index is 0.559. The van der Waals surface area contributed by atoms with Crippen molar-refractivity contribution in [1.82, 2.24) is 0 Å². The lowest BCUT2D eigenvalue weighted by molar-refractivity contribution is 0.532. The van der Waals surface area contributed by atoms with Crippen LogP contribution in [0.3, 0.4) is 0 Å². The molecular weight excluding hydrogens is 110 g/mol. The molecule has 0 aromatic rings. The Labute approximate surface area is 57.6 Å². The van der Waals surface area contributed by atoms with Crippen LogP contribution in [0.2, 0.25) is 0 Å². The highest BCUT2D eigenvalue weighted by atomic mass is 14.7. The Morgan fingerprint density at radius 2 is 1.89 bits per heavy atom. The van der Waals surface area contributed by atoms with E-state index in [4.69, 9.17) is 5.73 Å². The van der Waals surface area contributed by atoms with Crippen molar-refractivity contribution in [3.63, 3.8) is 0 Å². The molecule has 1 nitrogen and oxygen atoms in total. The van der Waals surface area contributed by atoms with E-state index in [1.54, 1.807) is 0 Å². The Kier molecular flexibility index (Phi) is 1.55. The standard InChI is InChI=1S/C8H17N/c1-4-6-7(5-9)8(6,2)3/h6-7H,4-5,9H2,1-3H3/t6-,7-/m1/s1. The summed E-state index contributed by atoms with van der Waals surface area (Å²) >= 11 is 0. The highest BCUT2D eigenvalue weighted by molar-refractivity contribution is 5.04. The van der Waals surface area contributed by atoms with Crippen molar-refractivity contribution in [2.45, 2.75) is 27.2 Å². The summed E-state index contributed by atoms with van der Waals surface area (Å²) < 4.78 is 0. The van der Waals surface area contributed by atoms with Gasteiger partial charge >= 0.3 is 0 Å². The first-order valence-electron chi connectivity index (χ1n) is 3.84. The second-order valence-corrected chi connectivity index (χ2v) is 3.68. The fourth-order valence-electron chi connectivity index (χ4n) is 2.14. The molecule has 9 heavy (non-hydrogen) atoms. The van der Waals surface area contributed by atoms with Crippen LogP contribution < -0.4 is 5.73 Å². The lowest BCUT2D eigenvalue weighted by Gasteiger charge is -1.97. The smallest absolute Gasteiger partial charge is 0.00408 e. The molecule has 0 aliphatic heterocycles. The summed E-state index contributed by atoms with van der Waals surface area (Å²) in [5.41, 5.74) is 6.13. The van der Waals surface area contributed by atoms with Crippen LogP contribution in [-0.2, 0) is 0 Å². The SMILES string of the molecule is CC[C@@H]1[C@@H](CN)C1(C)C. The van der Waals surface area contributed by atoms with Crippen LogP contribution in [0.25, 0.3) is 0 Å². The molecule has 0 bridgehead atoms. The Hall–Kier alpha value is -0.0400. The van der Waals surface area contributed by atoms with Crippen molar-refractivity contribution in [2.24, 2.45) is 23.0 Å². The second kappa shape index (κ2) is 1.98. The van der Waals surface area contributed by atoms with Crippen LogP contribution in [0.1, 0.15) is 27.2 Å². The van der Waals surface area contributed by atoms with Gasteiger partial charge in [0.15, 0.2) is 0 Å². The first kappa shape index (κ1) is 7.07. The molecule has 0 heterocycles. The van der Waals surface area contributed by atoms with E-state index >= 15 is 0 Å². The lowest BCUT2D eigenvalue weighted by Crippen LogP contribution is -2.05. The first-order chi connectivity index (χ1) is 4.14. The van der Waals surface area contributed by atoms with Gasteiger partial charge in [-0.2, -0.15) is 0 Å². The minimum atomic E-state index is 0.559. The Bertz CT molecular complexity index is 95.1. The molecule has 1 saturated carbocycles. The zero-order valence-corrected chi connectivity index (χ0v) is 6.65. The normalized spacial score (nSPS) is 38.7. The quantitative estimate of drug-likeness (QED) is 0.599. The van der Waals surface area contributed by atoms with Crippen molar-refractivity contribution in [2.75, 3.05) is 6.54 Å². The molecule has 0 amide bonds. The van der Waals surface area contributed by atoms with Gasteiger partial charge in [0.2, 0.25) is 0 Å². The van der Waals surface area contributed by atoms with Crippen molar-refractivity contribution in [3.8, 4) is 0 Å². The summed E-state index contributed by atoms with van der Waals surface area (Å²) in [7, 11) is 0. The average molecular weight is 127 g/mol. The summed E-state index contributed by atoms with van der Waals surface area (Å²) in [4.78, 5) is 0. The van der Waals surface area contributed by atoms with Crippen LogP contribution in [0.15, 0.2) is 0 Å². The second-order valence-electron chi connectivity index (χ2n) is 3.68. The van der Waals surface area contributed by atoms with Gasteiger partial charge in [-0.15, -0.1) is 0 Å². The Morgan fingerprint density at radius 1 is 1.33 bits per heavy atom. The van der Waals surface area contributed by atoms with Crippen molar-refractivity contribution < 1.29 is 0 Å². The van der Waals surface area contributed by atoms with E-state index in [9.17, 15) is 0 Å². The molecular formula is C8H17N. The summed E-state index contributed by atoms with van der Waals surface area (Å²) in [6.07, 6.45) is 1.30. The molecule has 1 fully saturated rings. The predicted molar refractivity (Wildman–Crippen MR) is 40.1 cm³/mol. The van der Waals surface area contributed by atoms with E-state index in [1.807, 2.05) is 0 Å². The number of hydrogen-bond acceptors (Lipinski definition) is 1. The molecule has 1 rings (SSSR count). The maximum atomic E-state index is 5.58. The number of hydrogen-bond donors (Lipinski definition) is 1. The van der Waals surface area contributed by atoms with Crippen LogP contribution in [0, 0.1) is 17.3 Å². The fraction of sp³-hybridized carbons (Fsp3) is 1.00. The van der Waals surface area contributed by atoms with Gasteiger partial charge in [0, 0.05) is 0 Å². The van der Waals surface area contributed by atoms with Crippen molar-refractivity contribution >= 4 is 0 Å². The summed E-state index contributed by atoms with van der Waals surface area (Å²) in [6, 6.07) is 0. The third kappa shape index (κ3) is 0.877. The Balaban J connectivity index is 2.45. The molecule has 0 radical (unpaired) electrons. The third-order valence-corrected chi connectivity index (χ3v) is 2.98. The van der Waals surface area contributed by atoms with Crippen LogP contribution in [0.5, 0.6) is 0 Å². The molecule has 1 heteroatoms. The highest BCUT2D eigenvalue weighted by Gasteiger charge is 2.54. The van der Waals surface area contributed by atoms with Crippen LogP contribution >= 0.6 is 0 Å². The van der Waals surface area contributed by atoms with E-state index in [1.165, 1.54) is 6.42 Å². The largest absolute Gasteiger partial charge is 0.330 e. The van der Waals surface area contributed by atoms with Crippen molar-refractivity contribution in [1.29, 1.82) is 0 Å². The highest BCUT2D eigenvalue weighted by Crippen LogP contribution is 2.59. The van der Waals surface area contributed by atoms with E-state index in [0.29, 0.717) is 5.41 Å². The van der Waals surface area contributed by atoms with Crippen LogP contribution in [-0.4, -0.2) is 6.54 Å². The maximum Gasteiger partial charge on any atom is -0.00408 e. The Morgan fingerprint density at radius 3 is 2.00 bits per heavy atom. The van der Waals surface area contributed by atoms with Crippen LogP contribution in [0.4, 0.5) is 0 Å². The number of rotatable bonds is 2. The van der Waals surface area contributed by atoms with Gasteiger partial charge in [-0.05, 0) is 23.8 Å². The maximum absolute atomic E-state index is 5.58. The van der Waals surface area contributed by atoms with E-state index in [2.05, 4.69) is 20.8 Å². The zero-order chi connectivity index (χ0) is 7.07. The first-order valence-corrected chi connectivity index (χ1v) is 3.84. The van der Waals surface area contributed by atoms with E-state index < -0.39 is 0 Å². The van der Waals surface area contributed by atoms with Gasteiger partial charge in [-0.1, -0.05) is 27.2 Å². The molecule has 0 unspecified atom stereocenters. The molecule has 0 aromatic carbocycles. The van der Waals surface area contributed by atoms with Gasteiger partial charge in [-0.3, -0.25) is 0 Å². The topological polar surface area (TPSA) is 26.0 Å². The predicted octanol–water partition coefficient (Wildman–Crippen LogP) is 1.63. The summed E-state index contributed by atoms with van der Waals surface area (Å²) in [5, 5.41) is 0. The molecule has 1 aliphatic rings.